The van der Waals surface area contributed by atoms with E-state index in [1.54, 1.807) is 6.20 Å². The molecule has 1 aromatic heterocycles. The molecule has 1 saturated heterocycles. The smallest absolute Gasteiger partial charge is 0.317 e. The van der Waals surface area contributed by atoms with Gasteiger partial charge < -0.3 is 19.9 Å². The van der Waals surface area contributed by atoms with Crippen LogP contribution in [0, 0.1) is 17.8 Å². The number of aliphatic hydroxyl groups is 1. The van der Waals surface area contributed by atoms with E-state index in [9.17, 15) is 9.90 Å². The Labute approximate surface area is 170 Å². The first-order valence-electron chi connectivity index (χ1n) is 11.2. The SMILES string of the molecule is O=C(NC1C2CC3CC1CC(O)(C3)C2)c1cnc(OC2COC2)nc1C1CCC1. The van der Waals surface area contributed by atoms with Crippen LogP contribution in [0.25, 0.3) is 0 Å². The normalized spacial score (nSPS) is 38.4. The van der Waals surface area contributed by atoms with Crippen molar-refractivity contribution in [3.05, 3.63) is 17.5 Å². The average Bonchev–Trinajstić information content (AvgIpc) is 2.58. The van der Waals surface area contributed by atoms with Crippen LogP contribution in [0.4, 0.5) is 0 Å². The van der Waals surface area contributed by atoms with Crippen molar-refractivity contribution in [2.45, 2.75) is 75.0 Å². The van der Waals surface area contributed by atoms with Crippen molar-refractivity contribution in [2.24, 2.45) is 17.8 Å². The van der Waals surface area contributed by atoms with Crippen LogP contribution >= 0.6 is 0 Å². The molecular formula is C22H29N3O4. The minimum Gasteiger partial charge on any atom is -0.455 e. The molecule has 2 heterocycles. The van der Waals surface area contributed by atoms with Gasteiger partial charge in [0.05, 0.1) is 30.1 Å². The number of amides is 1. The monoisotopic (exact) mass is 399 g/mol. The third-order valence-electron chi connectivity index (χ3n) is 7.95. The Bertz CT molecular complexity index is 806. The quantitative estimate of drug-likeness (QED) is 0.788. The lowest BCUT2D eigenvalue weighted by molar-refractivity contribution is -0.136. The molecule has 6 aliphatic rings. The Morgan fingerprint density at radius 3 is 2.55 bits per heavy atom. The van der Waals surface area contributed by atoms with E-state index in [-0.39, 0.29) is 18.1 Å². The molecule has 7 nitrogen and oxygen atoms in total. The molecule has 1 aromatic rings. The van der Waals surface area contributed by atoms with Gasteiger partial charge in [0.1, 0.15) is 6.10 Å². The van der Waals surface area contributed by atoms with Gasteiger partial charge >= 0.3 is 6.01 Å². The zero-order valence-electron chi connectivity index (χ0n) is 16.7. The lowest BCUT2D eigenvalue weighted by atomic mass is 9.52. The maximum Gasteiger partial charge on any atom is 0.317 e. The summed E-state index contributed by atoms with van der Waals surface area (Å²) in [6, 6.07) is 0.519. The fraction of sp³-hybridized carbons (Fsp3) is 0.773. The van der Waals surface area contributed by atoms with E-state index in [1.165, 1.54) is 6.42 Å². The molecular weight excluding hydrogens is 370 g/mol. The minimum absolute atomic E-state index is 0.0165. The summed E-state index contributed by atoms with van der Waals surface area (Å²) in [5.74, 6) is 1.67. The number of carbonyl (C=O) groups excluding carboxylic acids is 1. The van der Waals surface area contributed by atoms with Gasteiger partial charge in [-0.1, -0.05) is 6.42 Å². The number of ether oxygens (including phenoxy) is 2. The van der Waals surface area contributed by atoms with E-state index in [1.807, 2.05) is 0 Å². The highest BCUT2D eigenvalue weighted by Crippen LogP contribution is 2.55. The molecule has 29 heavy (non-hydrogen) atoms. The largest absolute Gasteiger partial charge is 0.455 e. The van der Waals surface area contributed by atoms with Crippen LogP contribution in [0.1, 0.15) is 73.3 Å². The lowest BCUT2D eigenvalue weighted by Gasteiger charge is -2.58. The molecule has 5 aliphatic carbocycles. The molecule has 7 rings (SSSR count). The number of rotatable bonds is 5. The number of carbonyl (C=O) groups is 1. The molecule has 156 valence electrons. The van der Waals surface area contributed by atoms with Crippen molar-refractivity contribution >= 4 is 5.91 Å². The second-order valence-electron chi connectivity index (χ2n) is 10.1. The van der Waals surface area contributed by atoms with Crippen molar-refractivity contribution in [1.82, 2.24) is 15.3 Å². The standard InChI is InChI=1S/C22H29N3O4/c26-20(24-18-14-4-12-5-15(18)8-22(27,6-12)7-14)17-9-23-21(29-16-10-28-11-16)25-19(17)13-2-1-3-13/h9,12-16,18,27H,1-8,10-11H2,(H,24,26). The van der Waals surface area contributed by atoms with Gasteiger partial charge in [0.15, 0.2) is 0 Å². The molecule has 2 unspecified atom stereocenters. The third-order valence-corrected chi connectivity index (χ3v) is 7.95. The summed E-state index contributed by atoms with van der Waals surface area (Å²) in [4.78, 5) is 22.2. The highest BCUT2D eigenvalue weighted by molar-refractivity contribution is 5.95. The predicted octanol–water partition coefficient (Wildman–Crippen LogP) is 2.19. The van der Waals surface area contributed by atoms with Crippen LogP contribution in [0.15, 0.2) is 6.20 Å². The third kappa shape index (κ3) is 3.13. The first-order chi connectivity index (χ1) is 14.1. The van der Waals surface area contributed by atoms with Gasteiger partial charge in [-0.05, 0) is 62.7 Å². The summed E-state index contributed by atoms with van der Waals surface area (Å²) in [6.07, 6.45) is 9.83. The molecule has 0 aromatic carbocycles. The number of nitrogens with one attached hydrogen (secondary N) is 1. The van der Waals surface area contributed by atoms with E-state index in [2.05, 4.69) is 15.3 Å². The number of aromatic nitrogens is 2. The van der Waals surface area contributed by atoms with Gasteiger partial charge in [-0.2, -0.15) is 4.98 Å². The Balaban J connectivity index is 1.22. The van der Waals surface area contributed by atoms with E-state index >= 15 is 0 Å². The number of hydrogen-bond acceptors (Lipinski definition) is 6. The molecule has 7 heteroatoms. The lowest BCUT2D eigenvalue weighted by Crippen LogP contribution is -2.61. The van der Waals surface area contributed by atoms with Crippen molar-refractivity contribution in [2.75, 3.05) is 13.2 Å². The van der Waals surface area contributed by atoms with Crippen molar-refractivity contribution < 1.29 is 19.4 Å². The van der Waals surface area contributed by atoms with Crippen LogP contribution in [0.2, 0.25) is 0 Å². The van der Waals surface area contributed by atoms with Crippen LogP contribution < -0.4 is 10.1 Å². The molecule has 2 N–H and O–H groups in total. The highest BCUT2D eigenvalue weighted by Gasteiger charge is 2.55. The second kappa shape index (κ2) is 6.64. The maximum absolute atomic E-state index is 13.3. The highest BCUT2D eigenvalue weighted by atomic mass is 16.6. The molecule has 0 spiro atoms. The fourth-order valence-electron chi connectivity index (χ4n) is 6.48. The summed E-state index contributed by atoms with van der Waals surface area (Å²) in [5.41, 5.74) is 0.947. The van der Waals surface area contributed by atoms with Gasteiger partial charge in [0.25, 0.3) is 5.91 Å². The fourth-order valence-corrected chi connectivity index (χ4v) is 6.48. The summed E-state index contributed by atoms with van der Waals surface area (Å²) in [5, 5.41) is 14.1. The van der Waals surface area contributed by atoms with Crippen LogP contribution in [0.5, 0.6) is 6.01 Å². The van der Waals surface area contributed by atoms with Gasteiger partial charge in [0, 0.05) is 18.2 Å². The first-order valence-corrected chi connectivity index (χ1v) is 11.2. The summed E-state index contributed by atoms with van der Waals surface area (Å²) in [7, 11) is 0. The van der Waals surface area contributed by atoms with Crippen molar-refractivity contribution in [3.8, 4) is 6.01 Å². The van der Waals surface area contributed by atoms with Crippen LogP contribution in [-0.4, -0.2) is 51.9 Å². The second-order valence-corrected chi connectivity index (χ2v) is 10.1. The Morgan fingerprint density at radius 2 is 1.97 bits per heavy atom. The van der Waals surface area contributed by atoms with E-state index in [0.717, 1.165) is 50.6 Å². The number of hydrogen-bond donors (Lipinski definition) is 2. The summed E-state index contributed by atoms with van der Waals surface area (Å²) < 4.78 is 10.9. The van der Waals surface area contributed by atoms with Crippen LogP contribution in [-0.2, 0) is 4.74 Å². The Hall–Kier alpha value is -1.73. The van der Waals surface area contributed by atoms with Crippen molar-refractivity contribution in [3.63, 3.8) is 0 Å². The van der Waals surface area contributed by atoms with Crippen molar-refractivity contribution in [1.29, 1.82) is 0 Å². The first kappa shape index (κ1) is 18.1. The van der Waals surface area contributed by atoms with E-state index < -0.39 is 5.60 Å². The van der Waals surface area contributed by atoms with Gasteiger partial charge in [-0.15, -0.1) is 0 Å². The minimum atomic E-state index is -0.484. The molecule has 4 bridgehead atoms. The Morgan fingerprint density at radius 1 is 1.21 bits per heavy atom. The molecule has 6 fully saturated rings. The van der Waals surface area contributed by atoms with Gasteiger partial charge in [0.2, 0.25) is 0 Å². The molecule has 1 aliphatic heterocycles. The van der Waals surface area contributed by atoms with Gasteiger partial charge in [-0.3, -0.25) is 4.79 Å². The zero-order valence-corrected chi connectivity index (χ0v) is 16.7. The van der Waals surface area contributed by atoms with Gasteiger partial charge in [-0.25, -0.2) is 4.98 Å². The number of nitrogens with zero attached hydrogens (tertiary/aromatic N) is 2. The van der Waals surface area contributed by atoms with E-state index in [0.29, 0.717) is 48.5 Å². The summed E-state index contributed by atoms with van der Waals surface area (Å²) in [6.45, 7) is 1.14. The molecule has 1 amide bonds. The average molecular weight is 399 g/mol. The molecule has 0 radical (unpaired) electrons. The Kier molecular flexibility index (Phi) is 4.14. The predicted molar refractivity (Wildman–Crippen MR) is 104 cm³/mol. The van der Waals surface area contributed by atoms with Crippen LogP contribution in [0.3, 0.4) is 0 Å². The topological polar surface area (TPSA) is 93.6 Å². The molecule has 5 saturated carbocycles. The zero-order chi connectivity index (χ0) is 19.6. The maximum atomic E-state index is 13.3. The van der Waals surface area contributed by atoms with E-state index in [4.69, 9.17) is 9.47 Å². The summed E-state index contributed by atoms with van der Waals surface area (Å²) >= 11 is 0. The molecule has 2 atom stereocenters.